The Morgan fingerprint density at radius 1 is 1.40 bits per heavy atom. The first kappa shape index (κ1) is 14.1. The minimum atomic E-state index is -0.225. The van der Waals surface area contributed by atoms with Gasteiger partial charge in [0.2, 0.25) is 0 Å². The fourth-order valence-corrected chi connectivity index (χ4v) is 1.81. The van der Waals surface area contributed by atoms with E-state index in [9.17, 15) is 4.79 Å². The Hall–Kier alpha value is -2.27. The van der Waals surface area contributed by atoms with Crippen LogP contribution in [-0.2, 0) is 0 Å². The summed E-state index contributed by atoms with van der Waals surface area (Å²) in [5.41, 5.74) is 6.64. The van der Waals surface area contributed by atoms with E-state index in [1.807, 2.05) is 6.92 Å². The molecule has 0 unspecified atom stereocenters. The lowest BCUT2D eigenvalue weighted by Gasteiger charge is -2.11. The summed E-state index contributed by atoms with van der Waals surface area (Å²) in [5, 5.41) is 3.17. The van der Waals surface area contributed by atoms with Crippen molar-refractivity contribution in [3.63, 3.8) is 0 Å². The van der Waals surface area contributed by atoms with Gasteiger partial charge in [0.25, 0.3) is 5.91 Å². The van der Waals surface area contributed by atoms with Crippen LogP contribution in [0.5, 0.6) is 11.5 Å². The minimum absolute atomic E-state index is 0.225. The Morgan fingerprint density at radius 3 is 2.90 bits per heavy atom. The largest absolute Gasteiger partial charge is 0.455 e. The number of carbonyl (C=O) groups excluding carboxylic acids is 1. The maximum absolute atomic E-state index is 12.0. The molecule has 1 aromatic carbocycles. The van der Waals surface area contributed by atoms with Crippen LogP contribution >= 0.6 is 11.6 Å². The zero-order chi connectivity index (χ0) is 14.5. The molecule has 0 saturated carbocycles. The second-order valence-electron chi connectivity index (χ2n) is 4.06. The normalized spacial score (nSPS) is 10.1. The number of carbonyl (C=O) groups is 1. The van der Waals surface area contributed by atoms with Gasteiger partial charge < -0.3 is 15.8 Å². The van der Waals surface area contributed by atoms with Crippen LogP contribution < -0.4 is 15.8 Å². The lowest BCUT2D eigenvalue weighted by molar-refractivity contribution is 0.0953. The highest BCUT2D eigenvalue weighted by atomic mass is 35.5. The van der Waals surface area contributed by atoms with Gasteiger partial charge in [0, 0.05) is 30.6 Å². The van der Waals surface area contributed by atoms with E-state index in [0.717, 1.165) is 0 Å². The van der Waals surface area contributed by atoms with Crippen molar-refractivity contribution in [3.05, 3.63) is 47.2 Å². The second-order valence-corrected chi connectivity index (χ2v) is 4.49. The number of pyridine rings is 1. The molecule has 0 fully saturated rings. The summed E-state index contributed by atoms with van der Waals surface area (Å²) < 4.78 is 5.65. The number of anilines is 1. The number of halogens is 1. The molecule has 6 heteroatoms. The molecule has 2 rings (SSSR count). The summed E-state index contributed by atoms with van der Waals surface area (Å²) in [6.07, 6.45) is 3.01. The number of rotatable bonds is 4. The molecule has 1 heterocycles. The molecule has 104 valence electrons. The first-order valence-electron chi connectivity index (χ1n) is 6.06. The van der Waals surface area contributed by atoms with Crippen LogP contribution in [0.4, 0.5) is 5.69 Å². The van der Waals surface area contributed by atoms with Crippen molar-refractivity contribution in [2.75, 3.05) is 12.3 Å². The number of nitrogens with zero attached hydrogens (tertiary/aromatic N) is 1. The zero-order valence-corrected chi connectivity index (χ0v) is 11.6. The Kier molecular flexibility index (Phi) is 4.42. The SMILES string of the molecule is CCNC(=O)c1ccc(N)cc1Oc1cncc(Cl)c1. The number of nitrogen functional groups attached to an aromatic ring is 1. The molecule has 20 heavy (non-hydrogen) atoms. The Bertz CT molecular complexity index is 632. The molecule has 0 aliphatic carbocycles. The molecule has 1 aromatic heterocycles. The van der Waals surface area contributed by atoms with Crippen molar-refractivity contribution < 1.29 is 9.53 Å². The standard InChI is InChI=1S/C14H14ClN3O2/c1-2-18-14(19)12-4-3-10(16)6-13(12)20-11-5-9(15)7-17-8-11/h3-8H,2,16H2,1H3,(H,18,19). The molecule has 0 atom stereocenters. The maximum Gasteiger partial charge on any atom is 0.255 e. The van der Waals surface area contributed by atoms with Gasteiger partial charge in [-0.2, -0.15) is 0 Å². The molecule has 0 bridgehead atoms. The van der Waals surface area contributed by atoms with E-state index < -0.39 is 0 Å². The van der Waals surface area contributed by atoms with Crippen LogP contribution in [0.25, 0.3) is 0 Å². The summed E-state index contributed by atoms with van der Waals surface area (Å²) in [4.78, 5) is 15.9. The molecule has 0 spiro atoms. The van der Waals surface area contributed by atoms with Gasteiger partial charge in [-0.05, 0) is 19.1 Å². The molecule has 2 aromatic rings. The van der Waals surface area contributed by atoms with Crippen molar-refractivity contribution in [2.45, 2.75) is 6.92 Å². The van der Waals surface area contributed by atoms with Gasteiger partial charge in [-0.25, -0.2) is 0 Å². The molecule has 0 saturated heterocycles. The number of hydrogen-bond donors (Lipinski definition) is 2. The third kappa shape index (κ3) is 3.39. The fraction of sp³-hybridized carbons (Fsp3) is 0.143. The highest BCUT2D eigenvalue weighted by Crippen LogP contribution is 2.28. The fourth-order valence-electron chi connectivity index (χ4n) is 1.64. The van der Waals surface area contributed by atoms with Gasteiger partial charge in [0.1, 0.15) is 11.5 Å². The van der Waals surface area contributed by atoms with E-state index in [-0.39, 0.29) is 5.91 Å². The van der Waals surface area contributed by atoms with Gasteiger partial charge >= 0.3 is 0 Å². The maximum atomic E-state index is 12.0. The van der Waals surface area contributed by atoms with E-state index in [1.165, 1.54) is 12.4 Å². The van der Waals surface area contributed by atoms with Crippen LogP contribution in [-0.4, -0.2) is 17.4 Å². The number of nitrogens with two attached hydrogens (primary N) is 1. The third-order valence-corrected chi connectivity index (χ3v) is 2.70. The molecule has 5 nitrogen and oxygen atoms in total. The molecule has 0 radical (unpaired) electrons. The number of ether oxygens (including phenoxy) is 1. The average molecular weight is 292 g/mol. The molecular weight excluding hydrogens is 278 g/mol. The van der Waals surface area contributed by atoms with Crippen LogP contribution in [0.1, 0.15) is 17.3 Å². The first-order valence-corrected chi connectivity index (χ1v) is 6.44. The van der Waals surface area contributed by atoms with Crippen LogP contribution in [0.15, 0.2) is 36.7 Å². The van der Waals surface area contributed by atoms with Gasteiger partial charge in [-0.1, -0.05) is 11.6 Å². The third-order valence-electron chi connectivity index (χ3n) is 2.50. The molecule has 1 amide bonds. The van der Waals surface area contributed by atoms with Crippen molar-refractivity contribution in [1.29, 1.82) is 0 Å². The quantitative estimate of drug-likeness (QED) is 0.849. The topological polar surface area (TPSA) is 77.2 Å². The first-order chi connectivity index (χ1) is 9.60. The van der Waals surface area contributed by atoms with Crippen LogP contribution in [0, 0.1) is 0 Å². The highest BCUT2D eigenvalue weighted by Gasteiger charge is 2.13. The molecule has 0 aliphatic heterocycles. The van der Waals surface area contributed by atoms with Gasteiger partial charge in [-0.3, -0.25) is 9.78 Å². The average Bonchev–Trinajstić information content (AvgIpc) is 2.39. The van der Waals surface area contributed by atoms with Crippen molar-refractivity contribution in [3.8, 4) is 11.5 Å². The predicted octanol–water partition coefficient (Wildman–Crippen LogP) is 2.86. The summed E-state index contributed by atoms with van der Waals surface area (Å²) >= 11 is 5.85. The van der Waals surface area contributed by atoms with Gasteiger partial charge in [0.05, 0.1) is 16.8 Å². The summed E-state index contributed by atoms with van der Waals surface area (Å²) in [6, 6.07) is 6.46. The van der Waals surface area contributed by atoms with Crippen molar-refractivity contribution in [2.24, 2.45) is 0 Å². The summed E-state index contributed by atoms with van der Waals surface area (Å²) in [6.45, 7) is 2.37. The van der Waals surface area contributed by atoms with Crippen molar-refractivity contribution >= 4 is 23.2 Å². The van der Waals surface area contributed by atoms with Crippen molar-refractivity contribution in [1.82, 2.24) is 10.3 Å². The lowest BCUT2D eigenvalue weighted by atomic mass is 10.1. The number of amides is 1. The summed E-state index contributed by atoms with van der Waals surface area (Å²) in [7, 11) is 0. The van der Waals surface area contributed by atoms with Gasteiger partial charge in [0.15, 0.2) is 0 Å². The van der Waals surface area contributed by atoms with E-state index in [4.69, 9.17) is 22.1 Å². The number of hydrogen-bond acceptors (Lipinski definition) is 4. The number of nitrogens with one attached hydrogen (secondary N) is 1. The Balaban J connectivity index is 2.34. The minimum Gasteiger partial charge on any atom is -0.455 e. The zero-order valence-electron chi connectivity index (χ0n) is 10.9. The van der Waals surface area contributed by atoms with Crippen LogP contribution in [0.2, 0.25) is 5.02 Å². The number of benzene rings is 1. The van der Waals surface area contributed by atoms with Crippen LogP contribution in [0.3, 0.4) is 0 Å². The second kappa shape index (κ2) is 6.25. The molecule has 0 aliphatic rings. The monoisotopic (exact) mass is 291 g/mol. The van der Waals surface area contributed by atoms with Gasteiger partial charge in [-0.15, -0.1) is 0 Å². The highest BCUT2D eigenvalue weighted by molar-refractivity contribution is 6.30. The van der Waals surface area contributed by atoms with E-state index in [2.05, 4.69) is 10.3 Å². The van der Waals surface area contributed by atoms with E-state index in [1.54, 1.807) is 24.3 Å². The lowest BCUT2D eigenvalue weighted by Crippen LogP contribution is -2.23. The van der Waals surface area contributed by atoms with E-state index in [0.29, 0.717) is 34.3 Å². The number of aromatic nitrogens is 1. The Morgan fingerprint density at radius 2 is 2.20 bits per heavy atom. The summed E-state index contributed by atoms with van der Waals surface area (Å²) in [5.74, 6) is 0.575. The predicted molar refractivity (Wildman–Crippen MR) is 78.2 cm³/mol. The Labute approximate surface area is 121 Å². The molecular formula is C14H14ClN3O2. The smallest absolute Gasteiger partial charge is 0.255 e. The van der Waals surface area contributed by atoms with E-state index >= 15 is 0 Å². The molecule has 3 N–H and O–H groups in total.